The Morgan fingerprint density at radius 1 is 0.930 bits per heavy atom. The van der Waals surface area contributed by atoms with Crippen molar-refractivity contribution in [2.45, 2.75) is 38.8 Å². The lowest BCUT2D eigenvalue weighted by Crippen LogP contribution is -2.50. The number of imide groups is 1. The molecule has 0 aromatic heterocycles. The van der Waals surface area contributed by atoms with Gasteiger partial charge in [0, 0.05) is 43.8 Å². The van der Waals surface area contributed by atoms with E-state index in [2.05, 4.69) is 59.0 Å². The van der Waals surface area contributed by atoms with Crippen molar-refractivity contribution in [2.75, 3.05) is 31.1 Å². The molecule has 0 unspecified atom stereocenters. The van der Waals surface area contributed by atoms with Gasteiger partial charge in [-0.15, -0.1) is 5.06 Å². The predicted octanol–water partition coefficient (Wildman–Crippen LogP) is 3.44. The van der Waals surface area contributed by atoms with Crippen LogP contribution in [0.15, 0.2) is 65.4 Å². The fourth-order valence-electron chi connectivity index (χ4n) is 6.52. The average molecular weight is 595 g/mol. The largest absolute Gasteiger partial charge is 0.478 e. The summed E-state index contributed by atoms with van der Waals surface area (Å²) in [6.45, 7) is 8.75. The second kappa shape index (κ2) is 10.0. The molecule has 218 valence electrons. The molecular formula is C33H32N3O6Si+. The van der Waals surface area contributed by atoms with Crippen LogP contribution in [0.25, 0.3) is 5.57 Å². The van der Waals surface area contributed by atoms with E-state index < -0.39 is 31.8 Å². The highest BCUT2D eigenvalue weighted by Gasteiger charge is 2.42. The molecule has 0 radical (unpaired) electrons. The maximum atomic E-state index is 13.2. The van der Waals surface area contributed by atoms with Crippen LogP contribution < -0.4 is 10.1 Å². The Balaban J connectivity index is 1.42. The third-order valence-electron chi connectivity index (χ3n) is 9.27. The molecule has 3 fully saturated rings. The number of fused-ring (bicyclic) bond motifs is 2. The molecule has 9 nitrogen and oxygen atoms in total. The first-order valence-electron chi connectivity index (χ1n) is 14.8. The molecule has 0 spiro atoms. The SMILES string of the molecule is C[Si]1(C)C2=CC(=[N+]3CCC3)C=CC2=C(c2cc(C(=O)ON3C(=O)CCC3=O)ccc2C(=O)O)c2ccc(N3CCC3)cc21. The highest BCUT2D eigenvalue weighted by atomic mass is 28.3. The summed E-state index contributed by atoms with van der Waals surface area (Å²) < 4.78 is 2.36. The van der Waals surface area contributed by atoms with Crippen molar-refractivity contribution in [3.63, 3.8) is 0 Å². The Hall–Kier alpha value is -4.57. The molecule has 0 atom stereocenters. The minimum atomic E-state index is -2.25. The summed E-state index contributed by atoms with van der Waals surface area (Å²) in [7, 11) is -2.25. The Bertz CT molecular complexity index is 1760. The third kappa shape index (κ3) is 4.39. The van der Waals surface area contributed by atoms with E-state index in [1.54, 1.807) is 0 Å². The second-order valence-corrected chi connectivity index (χ2v) is 16.5. The molecule has 1 aliphatic carbocycles. The number of nitrogens with zero attached hydrogens (tertiary/aromatic N) is 3. The number of amides is 2. The first kappa shape index (κ1) is 27.3. The topological polar surface area (TPSA) is 107 Å². The molecule has 3 saturated heterocycles. The van der Waals surface area contributed by atoms with Crippen LogP contribution in [-0.4, -0.2) is 78.5 Å². The molecule has 43 heavy (non-hydrogen) atoms. The van der Waals surface area contributed by atoms with Crippen LogP contribution in [0.4, 0.5) is 5.69 Å². The van der Waals surface area contributed by atoms with Crippen LogP contribution >= 0.6 is 0 Å². The summed E-state index contributed by atoms with van der Waals surface area (Å²) in [6.07, 6.45) is 8.78. The van der Waals surface area contributed by atoms with E-state index in [0.717, 1.165) is 55.7 Å². The van der Waals surface area contributed by atoms with E-state index in [1.807, 2.05) is 0 Å². The van der Waals surface area contributed by atoms with Crippen molar-refractivity contribution < 1.29 is 33.7 Å². The van der Waals surface area contributed by atoms with Gasteiger partial charge in [0.2, 0.25) is 0 Å². The highest BCUT2D eigenvalue weighted by Crippen LogP contribution is 2.43. The zero-order valence-electron chi connectivity index (χ0n) is 24.2. The van der Waals surface area contributed by atoms with Gasteiger partial charge in [-0.1, -0.05) is 19.2 Å². The van der Waals surface area contributed by atoms with Gasteiger partial charge in [-0.2, -0.15) is 0 Å². The molecule has 1 N–H and O–H groups in total. The number of rotatable bonds is 5. The van der Waals surface area contributed by atoms with Gasteiger partial charge in [-0.25, -0.2) is 14.2 Å². The first-order valence-corrected chi connectivity index (χ1v) is 17.8. The van der Waals surface area contributed by atoms with Crippen molar-refractivity contribution in [3.8, 4) is 0 Å². The Morgan fingerprint density at radius 2 is 1.67 bits per heavy atom. The normalized spacial score (nSPS) is 20.4. The summed E-state index contributed by atoms with van der Waals surface area (Å²) in [5.74, 6) is -3.16. The second-order valence-electron chi connectivity index (χ2n) is 12.2. The number of carbonyl (C=O) groups excluding carboxylic acids is 3. The molecule has 10 heteroatoms. The van der Waals surface area contributed by atoms with E-state index in [4.69, 9.17) is 4.84 Å². The predicted molar refractivity (Wildman–Crippen MR) is 163 cm³/mol. The lowest BCUT2D eigenvalue weighted by molar-refractivity contribution is -0.582. The average Bonchev–Trinajstić information content (AvgIpc) is 3.24. The molecule has 2 aromatic rings. The van der Waals surface area contributed by atoms with Crippen LogP contribution in [-0.2, 0) is 14.4 Å². The lowest BCUT2D eigenvalue weighted by Gasteiger charge is -2.40. The van der Waals surface area contributed by atoms with E-state index in [1.165, 1.54) is 40.0 Å². The quantitative estimate of drug-likeness (QED) is 0.321. The number of aromatic carboxylic acids is 1. The zero-order valence-corrected chi connectivity index (χ0v) is 25.2. The van der Waals surface area contributed by atoms with Crippen molar-refractivity contribution >= 4 is 54.0 Å². The van der Waals surface area contributed by atoms with Crippen LogP contribution in [0.5, 0.6) is 0 Å². The molecular weight excluding hydrogens is 562 g/mol. The number of anilines is 1. The number of hydrogen-bond donors (Lipinski definition) is 1. The zero-order chi connectivity index (χ0) is 30.0. The van der Waals surface area contributed by atoms with Gasteiger partial charge in [-0.05, 0) is 75.5 Å². The molecule has 4 heterocycles. The van der Waals surface area contributed by atoms with Gasteiger partial charge in [0.25, 0.3) is 11.8 Å². The number of hydroxylamine groups is 2. The number of carboxylic acids is 1. The van der Waals surface area contributed by atoms with E-state index >= 15 is 0 Å². The van der Waals surface area contributed by atoms with Crippen LogP contribution in [0.2, 0.25) is 13.1 Å². The van der Waals surface area contributed by atoms with E-state index in [9.17, 15) is 24.3 Å². The van der Waals surface area contributed by atoms with Crippen molar-refractivity contribution in [3.05, 3.63) is 87.6 Å². The lowest BCUT2D eigenvalue weighted by atomic mass is 9.86. The monoisotopic (exact) mass is 594 g/mol. The van der Waals surface area contributed by atoms with Gasteiger partial charge in [0.15, 0.2) is 5.71 Å². The number of allylic oxidation sites excluding steroid dienone is 5. The number of carbonyl (C=O) groups is 4. The minimum Gasteiger partial charge on any atom is -0.478 e. The molecule has 5 aliphatic rings. The summed E-state index contributed by atoms with van der Waals surface area (Å²) >= 11 is 0. The summed E-state index contributed by atoms with van der Waals surface area (Å²) in [5.41, 5.74) is 5.51. The first-order chi connectivity index (χ1) is 20.6. The van der Waals surface area contributed by atoms with Crippen LogP contribution in [0.3, 0.4) is 0 Å². The van der Waals surface area contributed by atoms with E-state index in [-0.39, 0.29) is 24.0 Å². The van der Waals surface area contributed by atoms with Crippen LogP contribution in [0, 0.1) is 0 Å². The van der Waals surface area contributed by atoms with Gasteiger partial charge in [-0.3, -0.25) is 9.59 Å². The van der Waals surface area contributed by atoms with Gasteiger partial charge >= 0.3 is 11.9 Å². The smallest absolute Gasteiger partial charge is 0.363 e. The van der Waals surface area contributed by atoms with Gasteiger partial charge < -0.3 is 14.8 Å². The Kier molecular flexibility index (Phi) is 6.35. The summed E-state index contributed by atoms with van der Waals surface area (Å²) in [6, 6.07) is 10.8. The molecule has 2 aromatic carbocycles. The number of benzene rings is 2. The summed E-state index contributed by atoms with van der Waals surface area (Å²) in [5, 5.41) is 13.3. The van der Waals surface area contributed by atoms with Gasteiger partial charge in [0.1, 0.15) is 21.2 Å². The molecule has 7 rings (SSSR count). The van der Waals surface area contributed by atoms with Crippen molar-refractivity contribution in [1.29, 1.82) is 0 Å². The fourth-order valence-corrected chi connectivity index (χ4v) is 9.59. The third-order valence-corrected chi connectivity index (χ3v) is 12.8. The van der Waals surface area contributed by atoms with Crippen molar-refractivity contribution in [2.24, 2.45) is 0 Å². The Labute approximate surface area is 250 Å². The van der Waals surface area contributed by atoms with Gasteiger partial charge in [0.05, 0.1) is 17.5 Å². The number of hydrogen-bond acceptors (Lipinski definition) is 6. The van der Waals surface area contributed by atoms with E-state index in [0.29, 0.717) is 10.6 Å². The Morgan fingerprint density at radius 3 is 2.30 bits per heavy atom. The molecule has 0 saturated carbocycles. The summed E-state index contributed by atoms with van der Waals surface area (Å²) in [4.78, 5) is 57.5. The minimum absolute atomic E-state index is 0.0146. The molecule has 4 aliphatic heterocycles. The maximum Gasteiger partial charge on any atom is 0.363 e. The standard InChI is InChI=1S/C33H31N3O6Si/c1-43(2)27-18-21(34-13-3-14-34)6-9-24(27)31(25-10-7-22(19-28(25)43)35-15-4-16-35)26-17-20(5-8-23(26)32(39)40)33(41)42-36-29(37)11-12-30(36)38/h5-10,17-19H,3-4,11-16H2,1-2H3/p+1. The maximum absolute atomic E-state index is 13.2. The molecule has 0 bridgehead atoms. The molecule has 2 amide bonds. The van der Waals surface area contributed by atoms with Crippen LogP contribution in [0.1, 0.15) is 57.5 Å². The number of carboxylic acid groups (broad SMARTS) is 1. The highest BCUT2D eigenvalue weighted by molar-refractivity contribution is 6.98. The fraction of sp³-hybridized carbons (Fsp3) is 0.303. The van der Waals surface area contributed by atoms with Crippen molar-refractivity contribution in [1.82, 2.24) is 5.06 Å².